The van der Waals surface area contributed by atoms with E-state index >= 15 is 0 Å². The van der Waals surface area contributed by atoms with E-state index in [1.165, 1.54) is 16.4 Å². The van der Waals surface area contributed by atoms with Crippen molar-refractivity contribution >= 4 is 17.5 Å². The van der Waals surface area contributed by atoms with Gasteiger partial charge in [-0.15, -0.1) is 4.41 Å². The normalized spacial score (nSPS) is 22.8. The van der Waals surface area contributed by atoms with E-state index in [1.54, 1.807) is 5.55 Å². The van der Waals surface area contributed by atoms with Gasteiger partial charge in [-0.25, -0.2) is 0 Å². The average molecular weight is 102 g/mol. The van der Waals surface area contributed by atoms with Gasteiger partial charge in [-0.1, -0.05) is 0 Å². The van der Waals surface area contributed by atoms with E-state index < -0.39 is 0 Å². The second-order valence-electron chi connectivity index (χ2n) is 0.913. The molecule has 1 radical (unpaired) electrons. The van der Waals surface area contributed by atoms with Crippen LogP contribution in [0.25, 0.3) is 0 Å². The quantitative estimate of drug-likeness (QED) is 0.408. The Morgan fingerprint density at radius 1 is 2.00 bits per heavy atom. The number of rotatable bonds is 0. The maximum Gasteiger partial charge on any atom is 0.117 e. The molecule has 1 rings (SSSR count). The number of nitrogens with zero attached hydrogens (tertiary/aromatic N) is 2. The van der Waals surface area contributed by atoms with Gasteiger partial charge in [0.25, 0.3) is 0 Å². The molecule has 0 amide bonds. The Hall–Kier alpha value is -0.0600. The Labute approximate surface area is 40.3 Å². The lowest BCUT2D eigenvalue weighted by Crippen LogP contribution is -2.05. The maximum absolute atomic E-state index is 6.80. The van der Waals surface area contributed by atoms with Crippen LogP contribution in [-0.4, -0.2) is 16.6 Å². The molecule has 33 valence electrons. The summed E-state index contributed by atoms with van der Waals surface area (Å²) in [5, 5.41) is 0. The second-order valence-corrected chi connectivity index (χ2v) is 1.78. The summed E-state index contributed by atoms with van der Waals surface area (Å²) in [6.45, 7) is 0.519. The van der Waals surface area contributed by atoms with Crippen molar-refractivity contribution in [2.24, 2.45) is 4.99 Å². The minimum atomic E-state index is 0.519. The molecular formula is C2H4N3S. The molecule has 0 spiro atoms. The molecule has 0 aromatic carbocycles. The second kappa shape index (κ2) is 1.59. The molecule has 0 saturated carbocycles. The highest BCUT2D eigenvalue weighted by molar-refractivity contribution is 8.10. The van der Waals surface area contributed by atoms with Gasteiger partial charge in [-0.3, -0.25) is 4.99 Å². The minimum absolute atomic E-state index is 0.519. The molecule has 0 aromatic heterocycles. The van der Waals surface area contributed by atoms with Crippen molar-refractivity contribution in [2.45, 2.75) is 0 Å². The lowest BCUT2D eigenvalue weighted by molar-refractivity contribution is 0.505. The predicted octanol–water partition coefficient (Wildman–Crippen LogP) is 0.134. The SMILES string of the molecule is [NH]N1CN=CS1. The molecule has 0 unspecified atom stereocenters. The Morgan fingerprint density at radius 2 is 2.83 bits per heavy atom. The number of aliphatic imine (C=N–C) groups is 1. The van der Waals surface area contributed by atoms with Crippen LogP contribution in [0.3, 0.4) is 0 Å². The Kier molecular flexibility index (Phi) is 1.09. The molecule has 0 aliphatic carbocycles. The van der Waals surface area contributed by atoms with Gasteiger partial charge < -0.3 is 0 Å². The van der Waals surface area contributed by atoms with E-state index in [0.29, 0.717) is 6.67 Å². The minimum Gasteiger partial charge on any atom is -0.267 e. The first-order valence-corrected chi connectivity index (χ1v) is 2.37. The first-order chi connectivity index (χ1) is 2.89. The van der Waals surface area contributed by atoms with Crippen LogP contribution >= 0.6 is 11.9 Å². The Bertz CT molecular complexity index is 63.2. The van der Waals surface area contributed by atoms with Crippen molar-refractivity contribution < 1.29 is 0 Å². The molecule has 4 heteroatoms. The lowest BCUT2D eigenvalue weighted by atomic mass is 11.2. The summed E-state index contributed by atoms with van der Waals surface area (Å²) in [6, 6.07) is 0. The van der Waals surface area contributed by atoms with Gasteiger partial charge >= 0.3 is 0 Å². The van der Waals surface area contributed by atoms with Crippen LogP contribution in [0.15, 0.2) is 4.99 Å². The summed E-state index contributed by atoms with van der Waals surface area (Å²) in [5.74, 6) is 6.80. The highest BCUT2D eigenvalue weighted by atomic mass is 32.2. The summed E-state index contributed by atoms with van der Waals surface area (Å²) < 4.78 is 1.31. The third-order valence-corrected chi connectivity index (χ3v) is 1.07. The van der Waals surface area contributed by atoms with Gasteiger partial charge in [0, 0.05) is 0 Å². The first-order valence-electron chi connectivity index (χ1n) is 1.53. The van der Waals surface area contributed by atoms with Gasteiger partial charge in [-0.05, 0) is 11.9 Å². The van der Waals surface area contributed by atoms with Crippen molar-refractivity contribution in [1.82, 2.24) is 10.3 Å². The van der Waals surface area contributed by atoms with Crippen molar-refractivity contribution in [3.05, 3.63) is 0 Å². The molecule has 0 atom stereocenters. The first kappa shape index (κ1) is 4.11. The van der Waals surface area contributed by atoms with Crippen molar-refractivity contribution in [1.29, 1.82) is 0 Å². The van der Waals surface area contributed by atoms with Crippen LogP contribution in [0, 0.1) is 0 Å². The van der Waals surface area contributed by atoms with Crippen molar-refractivity contribution in [3.63, 3.8) is 0 Å². The van der Waals surface area contributed by atoms with Gasteiger partial charge in [-0.2, -0.15) is 5.84 Å². The number of hydrogen-bond acceptors (Lipinski definition) is 3. The zero-order valence-corrected chi connectivity index (χ0v) is 3.90. The summed E-state index contributed by atoms with van der Waals surface area (Å²) >= 11 is 1.31. The van der Waals surface area contributed by atoms with Gasteiger partial charge in [0.05, 0.1) is 5.55 Å². The van der Waals surface area contributed by atoms with E-state index in [2.05, 4.69) is 4.99 Å². The Morgan fingerprint density at radius 3 is 3.00 bits per heavy atom. The number of hydrogen-bond donors (Lipinski definition) is 0. The molecule has 6 heavy (non-hydrogen) atoms. The largest absolute Gasteiger partial charge is 0.267 e. The summed E-state index contributed by atoms with van der Waals surface area (Å²) in [7, 11) is 0. The smallest absolute Gasteiger partial charge is 0.117 e. The van der Waals surface area contributed by atoms with Crippen molar-refractivity contribution in [2.75, 3.05) is 6.67 Å². The lowest BCUT2D eigenvalue weighted by Gasteiger charge is -1.95. The van der Waals surface area contributed by atoms with E-state index in [9.17, 15) is 0 Å². The predicted molar refractivity (Wildman–Crippen MR) is 25.9 cm³/mol. The third-order valence-electron chi connectivity index (χ3n) is 0.459. The molecule has 1 heterocycles. The molecule has 0 bridgehead atoms. The molecular weight excluding hydrogens is 98.1 g/mol. The van der Waals surface area contributed by atoms with E-state index in [0.717, 1.165) is 0 Å². The van der Waals surface area contributed by atoms with Crippen LogP contribution in [0.2, 0.25) is 0 Å². The molecule has 0 aromatic rings. The van der Waals surface area contributed by atoms with E-state index in [-0.39, 0.29) is 0 Å². The molecule has 1 N–H and O–H groups in total. The molecule has 1 aliphatic rings. The van der Waals surface area contributed by atoms with Crippen LogP contribution in [0.1, 0.15) is 0 Å². The van der Waals surface area contributed by atoms with Crippen LogP contribution in [-0.2, 0) is 0 Å². The monoisotopic (exact) mass is 102 g/mol. The summed E-state index contributed by atoms with van der Waals surface area (Å²) in [4.78, 5) is 3.74. The van der Waals surface area contributed by atoms with Gasteiger partial charge in [0.2, 0.25) is 0 Å². The number of nitrogens with one attached hydrogen (secondary N) is 1. The topological polar surface area (TPSA) is 39.4 Å². The molecule has 1 aliphatic heterocycles. The van der Waals surface area contributed by atoms with Crippen LogP contribution in [0.5, 0.6) is 0 Å². The van der Waals surface area contributed by atoms with Crippen LogP contribution in [0.4, 0.5) is 0 Å². The van der Waals surface area contributed by atoms with Gasteiger partial charge in [0.15, 0.2) is 0 Å². The highest BCUT2D eigenvalue weighted by Crippen LogP contribution is 2.06. The fourth-order valence-electron chi connectivity index (χ4n) is 0.231. The zero-order chi connectivity index (χ0) is 4.41. The molecule has 3 nitrogen and oxygen atoms in total. The molecule has 0 fully saturated rings. The van der Waals surface area contributed by atoms with Gasteiger partial charge in [0.1, 0.15) is 6.67 Å². The maximum atomic E-state index is 6.80. The van der Waals surface area contributed by atoms with E-state index in [4.69, 9.17) is 5.84 Å². The average Bonchev–Trinajstić information content (AvgIpc) is 1.86. The zero-order valence-electron chi connectivity index (χ0n) is 3.09. The van der Waals surface area contributed by atoms with E-state index in [1.807, 2.05) is 0 Å². The molecule has 0 saturated heterocycles. The summed E-state index contributed by atoms with van der Waals surface area (Å²) in [5.41, 5.74) is 1.66. The van der Waals surface area contributed by atoms with Crippen molar-refractivity contribution in [3.8, 4) is 0 Å². The highest BCUT2D eigenvalue weighted by Gasteiger charge is 1.99. The summed E-state index contributed by atoms with van der Waals surface area (Å²) in [6.07, 6.45) is 0. The Balaban J connectivity index is 2.32. The van der Waals surface area contributed by atoms with Crippen LogP contribution < -0.4 is 5.84 Å². The standard InChI is InChI=1S/C2H4N3S/c3-5-1-4-2-6-5/h2-3H,1H2. The fourth-order valence-corrected chi connectivity index (χ4v) is 0.612. The fraction of sp³-hybridized carbons (Fsp3) is 0.500. The third kappa shape index (κ3) is 0.707.